The van der Waals surface area contributed by atoms with E-state index in [0.717, 1.165) is 28.5 Å². The third-order valence-corrected chi connectivity index (χ3v) is 6.15. The first-order chi connectivity index (χ1) is 16.9. The summed E-state index contributed by atoms with van der Waals surface area (Å²) in [5.41, 5.74) is 1.36. The van der Waals surface area contributed by atoms with Crippen molar-refractivity contribution in [1.82, 2.24) is 15.1 Å². The molecule has 2 heterocycles. The smallest absolute Gasteiger partial charge is 0.322 e. The van der Waals surface area contributed by atoms with Crippen molar-refractivity contribution in [2.45, 2.75) is 13.0 Å². The number of hydrogen-bond donors (Lipinski definition) is 1. The molecule has 1 aromatic heterocycles. The van der Waals surface area contributed by atoms with Crippen molar-refractivity contribution in [3.8, 4) is 11.3 Å². The van der Waals surface area contributed by atoms with E-state index in [0.29, 0.717) is 31.1 Å². The van der Waals surface area contributed by atoms with E-state index >= 15 is 0 Å². The summed E-state index contributed by atoms with van der Waals surface area (Å²) < 4.78 is 40.5. The highest BCUT2D eigenvalue weighted by Gasteiger charge is 2.30. The molecule has 1 N–H and O–H groups in total. The number of amides is 2. The molecule has 5 rings (SSSR count). The molecule has 0 bridgehead atoms. The molecule has 1 aliphatic heterocycles. The maximum Gasteiger partial charge on any atom is 0.322 e. The zero-order valence-electron chi connectivity index (χ0n) is 19.3. The predicted molar refractivity (Wildman–Crippen MR) is 136 cm³/mol. The number of anilines is 2. The van der Waals surface area contributed by atoms with E-state index in [-0.39, 0.29) is 30.0 Å². The number of benzene rings is 3. The second-order valence-electron chi connectivity index (χ2n) is 8.47. The number of rotatable bonds is 3. The third kappa shape index (κ3) is 4.92. The van der Waals surface area contributed by atoms with Crippen molar-refractivity contribution >= 4 is 40.7 Å². The minimum absolute atomic E-state index is 0. The number of urea groups is 1. The Morgan fingerprint density at radius 3 is 2.31 bits per heavy atom. The molecule has 1 atom stereocenters. The number of carbonyl (C=O) groups excluding carboxylic acids is 1. The molecule has 4 aromatic rings. The van der Waals surface area contributed by atoms with Gasteiger partial charge in [-0.25, -0.2) is 18.0 Å². The van der Waals surface area contributed by atoms with Crippen LogP contribution in [-0.2, 0) is 0 Å². The first-order valence-corrected chi connectivity index (χ1v) is 11.2. The van der Waals surface area contributed by atoms with Crippen LogP contribution in [0, 0.1) is 17.5 Å². The molecule has 1 saturated heterocycles. The van der Waals surface area contributed by atoms with Gasteiger partial charge < -0.3 is 15.1 Å². The normalized spacial score (nSPS) is 15.5. The van der Waals surface area contributed by atoms with Gasteiger partial charge in [0.15, 0.2) is 5.82 Å². The Bertz CT molecular complexity index is 1400. The fourth-order valence-corrected chi connectivity index (χ4v) is 4.37. The van der Waals surface area contributed by atoms with Crippen LogP contribution in [0.1, 0.15) is 6.92 Å². The standard InChI is InChI=1S/C26H22F3N5O.ClH/c1-16-15-33(12-13-34(16)26(35)30-23-11-10-19(28)14-22(23)29)25-21-5-3-2-4-20(21)24(31-32-25)17-6-8-18(27)9-7-17;/h2-11,14,16H,12-13,15H2,1H3,(H,30,35);1H. The highest BCUT2D eigenvalue weighted by Crippen LogP contribution is 2.32. The number of carbonyl (C=O) groups is 1. The summed E-state index contributed by atoms with van der Waals surface area (Å²) in [4.78, 5) is 16.5. The van der Waals surface area contributed by atoms with Gasteiger partial charge in [0.25, 0.3) is 0 Å². The maximum atomic E-state index is 14.0. The molecular weight excluding hydrogens is 491 g/mol. The fraction of sp³-hybridized carbons (Fsp3) is 0.192. The molecule has 186 valence electrons. The summed E-state index contributed by atoms with van der Waals surface area (Å²) in [6.45, 7) is 3.27. The van der Waals surface area contributed by atoms with Crippen molar-refractivity contribution in [2.75, 3.05) is 29.9 Å². The number of aromatic nitrogens is 2. The Balaban J connectivity index is 0.00000304. The van der Waals surface area contributed by atoms with Crippen LogP contribution in [0.5, 0.6) is 0 Å². The molecule has 2 amide bonds. The summed E-state index contributed by atoms with van der Waals surface area (Å²) in [7, 11) is 0. The largest absolute Gasteiger partial charge is 0.351 e. The minimum Gasteiger partial charge on any atom is -0.351 e. The molecule has 0 spiro atoms. The van der Waals surface area contributed by atoms with Crippen LogP contribution in [0.3, 0.4) is 0 Å². The van der Waals surface area contributed by atoms with Gasteiger partial charge in [0.2, 0.25) is 0 Å². The van der Waals surface area contributed by atoms with E-state index in [1.165, 1.54) is 18.2 Å². The molecule has 1 aliphatic rings. The number of fused-ring (bicyclic) bond motifs is 1. The molecule has 1 fully saturated rings. The van der Waals surface area contributed by atoms with Gasteiger partial charge in [-0.05, 0) is 43.3 Å². The lowest BCUT2D eigenvalue weighted by Gasteiger charge is -2.40. The van der Waals surface area contributed by atoms with Crippen LogP contribution in [0.2, 0.25) is 0 Å². The van der Waals surface area contributed by atoms with Gasteiger partial charge in [-0.15, -0.1) is 22.6 Å². The zero-order chi connectivity index (χ0) is 24.5. The molecule has 6 nitrogen and oxygen atoms in total. The van der Waals surface area contributed by atoms with Crippen LogP contribution in [-0.4, -0.2) is 46.8 Å². The number of halogens is 4. The molecule has 0 aliphatic carbocycles. The Hall–Kier alpha value is -3.85. The van der Waals surface area contributed by atoms with E-state index in [4.69, 9.17) is 0 Å². The molecule has 1 unspecified atom stereocenters. The molecule has 0 saturated carbocycles. The van der Waals surface area contributed by atoms with Crippen LogP contribution in [0.25, 0.3) is 22.0 Å². The summed E-state index contributed by atoms with van der Waals surface area (Å²) >= 11 is 0. The van der Waals surface area contributed by atoms with Crippen LogP contribution in [0.15, 0.2) is 66.7 Å². The molecule has 3 aromatic carbocycles. The second-order valence-corrected chi connectivity index (χ2v) is 8.47. The summed E-state index contributed by atoms with van der Waals surface area (Å²) in [6, 6.07) is 16.3. The van der Waals surface area contributed by atoms with Gasteiger partial charge >= 0.3 is 6.03 Å². The van der Waals surface area contributed by atoms with Crippen LogP contribution >= 0.6 is 12.4 Å². The van der Waals surface area contributed by atoms with Crippen molar-refractivity contribution in [3.63, 3.8) is 0 Å². The second kappa shape index (κ2) is 10.4. The highest BCUT2D eigenvalue weighted by atomic mass is 35.5. The highest BCUT2D eigenvalue weighted by molar-refractivity contribution is 6.00. The van der Waals surface area contributed by atoms with Crippen molar-refractivity contribution in [3.05, 3.63) is 84.2 Å². The van der Waals surface area contributed by atoms with Gasteiger partial charge in [-0.3, -0.25) is 0 Å². The molecule has 10 heteroatoms. The molecule has 0 radical (unpaired) electrons. The lowest BCUT2D eigenvalue weighted by Crippen LogP contribution is -2.55. The van der Waals surface area contributed by atoms with E-state index < -0.39 is 17.7 Å². The quantitative estimate of drug-likeness (QED) is 0.372. The topological polar surface area (TPSA) is 61.4 Å². The SMILES string of the molecule is CC1CN(c2nnc(-c3ccc(F)cc3)c3ccccc23)CCN1C(=O)Nc1ccc(F)cc1F.Cl. The van der Waals surface area contributed by atoms with Gasteiger partial charge in [-0.2, -0.15) is 0 Å². The molecular formula is C26H23ClF3N5O. The number of piperazine rings is 1. The van der Waals surface area contributed by atoms with Gasteiger partial charge in [0, 0.05) is 48.1 Å². The van der Waals surface area contributed by atoms with Gasteiger partial charge in [0.05, 0.1) is 5.69 Å². The number of nitrogens with zero attached hydrogens (tertiary/aromatic N) is 4. The summed E-state index contributed by atoms with van der Waals surface area (Å²) in [5.74, 6) is -1.16. The zero-order valence-corrected chi connectivity index (χ0v) is 20.1. The lowest BCUT2D eigenvalue weighted by molar-refractivity contribution is 0.184. The Morgan fingerprint density at radius 1 is 0.917 bits per heavy atom. The van der Waals surface area contributed by atoms with E-state index in [2.05, 4.69) is 20.4 Å². The van der Waals surface area contributed by atoms with Crippen molar-refractivity contribution in [2.24, 2.45) is 0 Å². The first kappa shape index (κ1) is 25.2. The monoisotopic (exact) mass is 513 g/mol. The minimum atomic E-state index is -0.826. The van der Waals surface area contributed by atoms with Crippen LogP contribution < -0.4 is 10.2 Å². The van der Waals surface area contributed by atoms with Crippen molar-refractivity contribution < 1.29 is 18.0 Å². The fourth-order valence-electron chi connectivity index (χ4n) is 4.37. The average Bonchev–Trinajstić information content (AvgIpc) is 2.85. The van der Waals surface area contributed by atoms with Crippen LogP contribution in [0.4, 0.5) is 29.5 Å². The van der Waals surface area contributed by atoms with Gasteiger partial charge in [-0.1, -0.05) is 24.3 Å². The van der Waals surface area contributed by atoms with Crippen molar-refractivity contribution in [1.29, 1.82) is 0 Å². The van der Waals surface area contributed by atoms with Gasteiger partial charge in [0.1, 0.15) is 23.1 Å². The number of hydrogen-bond acceptors (Lipinski definition) is 4. The first-order valence-electron chi connectivity index (χ1n) is 11.2. The average molecular weight is 514 g/mol. The summed E-state index contributed by atoms with van der Waals surface area (Å²) in [5, 5.41) is 13.3. The lowest BCUT2D eigenvalue weighted by atomic mass is 10.0. The molecule has 36 heavy (non-hydrogen) atoms. The van der Waals surface area contributed by atoms with E-state index in [1.54, 1.807) is 17.0 Å². The Kier molecular flexibility index (Phi) is 7.30. The Labute approximate surface area is 212 Å². The number of nitrogens with one attached hydrogen (secondary N) is 1. The van der Waals surface area contributed by atoms with E-state index in [9.17, 15) is 18.0 Å². The summed E-state index contributed by atoms with van der Waals surface area (Å²) in [6.07, 6.45) is 0. The third-order valence-electron chi connectivity index (χ3n) is 6.15. The Morgan fingerprint density at radius 2 is 1.61 bits per heavy atom. The maximum absolute atomic E-state index is 14.0. The van der Waals surface area contributed by atoms with E-state index in [1.807, 2.05) is 31.2 Å². The predicted octanol–water partition coefficient (Wildman–Crippen LogP) is 5.88.